The molecular weight excluding hydrogens is 380 g/mol. The monoisotopic (exact) mass is 408 g/mol. The number of fused-ring (bicyclic) bond motifs is 2. The Balaban J connectivity index is 1.29. The van der Waals surface area contributed by atoms with E-state index in [0.717, 1.165) is 37.5 Å². The smallest absolute Gasteiger partial charge is 0.218 e. The maximum Gasteiger partial charge on any atom is 0.218 e. The van der Waals surface area contributed by atoms with Gasteiger partial charge in [-0.25, -0.2) is 4.98 Å². The van der Waals surface area contributed by atoms with Crippen LogP contribution in [-0.2, 0) is 13.0 Å². The highest BCUT2D eigenvalue weighted by atomic mass is 16.5. The van der Waals surface area contributed by atoms with Gasteiger partial charge < -0.3 is 4.74 Å². The standard InChI is InChI=1S/C28H28N2O/c1-20-8-11-25-18-26-19-30(16-17-31-28(26)29-27(25)21(20)2)15-14-22-9-12-24(13-10-22)23-6-4-3-5-7-23/h3-13,18H,14-17,19H2,1-2H3. The van der Waals surface area contributed by atoms with Crippen molar-refractivity contribution in [3.63, 3.8) is 0 Å². The molecule has 0 unspecified atom stereocenters. The van der Waals surface area contributed by atoms with Crippen LogP contribution in [0.3, 0.4) is 0 Å². The first-order valence-corrected chi connectivity index (χ1v) is 11.1. The maximum absolute atomic E-state index is 6.05. The molecule has 0 bridgehead atoms. The third-order valence-electron chi connectivity index (χ3n) is 6.37. The van der Waals surface area contributed by atoms with Crippen LogP contribution in [0, 0.1) is 13.8 Å². The van der Waals surface area contributed by atoms with Gasteiger partial charge in [-0.15, -0.1) is 0 Å². The first-order chi connectivity index (χ1) is 15.2. The van der Waals surface area contributed by atoms with Crippen molar-refractivity contribution in [1.82, 2.24) is 9.88 Å². The van der Waals surface area contributed by atoms with Crippen molar-refractivity contribution in [1.29, 1.82) is 0 Å². The van der Waals surface area contributed by atoms with Gasteiger partial charge in [0, 0.05) is 30.6 Å². The van der Waals surface area contributed by atoms with E-state index in [0.29, 0.717) is 6.61 Å². The Labute approximate surface area is 184 Å². The molecular formula is C28H28N2O. The zero-order valence-corrected chi connectivity index (χ0v) is 18.3. The zero-order valence-electron chi connectivity index (χ0n) is 18.3. The van der Waals surface area contributed by atoms with Gasteiger partial charge >= 0.3 is 0 Å². The minimum Gasteiger partial charge on any atom is -0.476 e. The van der Waals surface area contributed by atoms with E-state index in [1.165, 1.54) is 38.8 Å². The normalized spacial score (nSPS) is 14.1. The number of nitrogens with zero attached hydrogens (tertiary/aromatic N) is 2. The molecule has 156 valence electrons. The Morgan fingerprint density at radius 1 is 0.903 bits per heavy atom. The van der Waals surface area contributed by atoms with E-state index in [1.54, 1.807) is 0 Å². The maximum atomic E-state index is 6.05. The quantitative estimate of drug-likeness (QED) is 0.417. The summed E-state index contributed by atoms with van der Waals surface area (Å²) in [6.07, 6.45) is 1.03. The second-order valence-electron chi connectivity index (χ2n) is 8.47. The molecule has 0 saturated carbocycles. The summed E-state index contributed by atoms with van der Waals surface area (Å²) in [5.74, 6) is 0.802. The van der Waals surface area contributed by atoms with Crippen LogP contribution in [0.4, 0.5) is 0 Å². The average molecular weight is 409 g/mol. The van der Waals surface area contributed by atoms with Gasteiger partial charge in [0.2, 0.25) is 5.88 Å². The molecule has 1 aliphatic heterocycles. The summed E-state index contributed by atoms with van der Waals surface area (Å²) in [6, 6.07) is 26.1. The van der Waals surface area contributed by atoms with Crippen molar-refractivity contribution < 1.29 is 4.74 Å². The summed E-state index contributed by atoms with van der Waals surface area (Å²) in [6.45, 7) is 7.78. The highest BCUT2D eigenvalue weighted by molar-refractivity contribution is 5.84. The summed E-state index contributed by atoms with van der Waals surface area (Å²) >= 11 is 0. The van der Waals surface area contributed by atoms with E-state index in [4.69, 9.17) is 9.72 Å². The Kier molecular flexibility index (Phi) is 5.44. The Hall–Kier alpha value is -3.17. The lowest BCUT2D eigenvalue weighted by atomic mass is 10.0. The lowest BCUT2D eigenvalue weighted by Gasteiger charge is -2.19. The molecule has 0 fully saturated rings. The summed E-state index contributed by atoms with van der Waals surface area (Å²) in [7, 11) is 0. The van der Waals surface area contributed by atoms with Crippen molar-refractivity contribution in [2.45, 2.75) is 26.8 Å². The first kappa shape index (κ1) is 19.8. The molecule has 2 heterocycles. The molecule has 1 aliphatic rings. The molecule has 0 radical (unpaired) electrons. The van der Waals surface area contributed by atoms with E-state index in [1.807, 2.05) is 0 Å². The van der Waals surface area contributed by atoms with Gasteiger partial charge in [-0.1, -0.05) is 66.7 Å². The van der Waals surface area contributed by atoms with Gasteiger partial charge in [-0.3, -0.25) is 4.90 Å². The SMILES string of the molecule is Cc1ccc2cc3c(nc2c1C)OCCN(CCc1ccc(-c2ccccc2)cc1)C3. The molecule has 4 aromatic rings. The minimum absolute atomic E-state index is 0.684. The second-order valence-corrected chi connectivity index (χ2v) is 8.47. The largest absolute Gasteiger partial charge is 0.476 e. The molecule has 0 aliphatic carbocycles. The summed E-state index contributed by atoms with van der Waals surface area (Å²) in [5.41, 5.74) is 8.66. The van der Waals surface area contributed by atoms with Gasteiger partial charge in [-0.2, -0.15) is 0 Å². The number of ether oxygens (including phenoxy) is 1. The molecule has 0 saturated heterocycles. The molecule has 3 nitrogen and oxygen atoms in total. The van der Waals surface area contributed by atoms with E-state index >= 15 is 0 Å². The summed E-state index contributed by atoms with van der Waals surface area (Å²) in [4.78, 5) is 7.36. The average Bonchev–Trinajstić information content (AvgIpc) is 3.01. The molecule has 0 amide bonds. The van der Waals surface area contributed by atoms with Crippen LogP contribution in [0.5, 0.6) is 5.88 Å². The van der Waals surface area contributed by atoms with Crippen LogP contribution in [0.25, 0.3) is 22.0 Å². The third-order valence-corrected chi connectivity index (χ3v) is 6.37. The van der Waals surface area contributed by atoms with Crippen LogP contribution in [0.15, 0.2) is 72.8 Å². The molecule has 1 aromatic heterocycles. The summed E-state index contributed by atoms with van der Waals surface area (Å²) in [5, 5.41) is 1.20. The fourth-order valence-electron chi connectivity index (χ4n) is 4.31. The van der Waals surface area contributed by atoms with Crippen molar-refractivity contribution in [2.75, 3.05) is 19.7 Å². The Bertz CT molecular complexity index is 1200. The van der Waals surface area contributed by atoms with Crippen LogP contribution in [-0.4, -0.2) is 29.6 Å². The van der Waals surface area contributed by atoms with E-state index in [-0.39, 0.29) is 0 Å². The molecule has 0 N–H and O–H groups in total. The molecule has 0 atom stereocenters. The number of hydrogen-bond acceptors (Lipinski definition) is 3. The van der Waals surface area contributed by atoms with E-state index < -0.39 is 0 Å². The van der Waals surface area contributed by atoms with E-state index in [9.17, 15) is 0 Å². The zero-order chi connectivity index (χ0) is 21.2. The van der Waals surface area contributed by atoms with E-state index in [2.05, 4.69) is 91.5 Å². The first-order valence-electron chi connectivity index (χ1n) is 11.1. The lowest BCUT2D eigenvalue weighted by molar-refractivity contribution is 0.225. The molecule has 3 heteroatoms. The van der Waals surface area contributed by atoms with Crippen LogP contribution >= 0.6 is 0 Å². The molecule has 3 aromatic carbocycles. The van der Waals surface area contributed by atoms with Crippen LogP contribution < -0.4 is 4.74 Å². The number of benzene rings is 3. The van der Waals surface area contributed by atoms with Crippen LogP contribution in [0.1, 0.15) is 22.3 Å². The second kappa shape index (κ2) is 8.52. The minimum atomic E-state index is 0.684. The predicted molar refractivity (Wildman–Crippen MR) is 128 cm³/mol. The highest BCUT2D eigenvalue weighted by Crippen LogP contribution is 2.28. The van der Waals surface area contributed by atoms with Crippen molar-refractivity contribution in [2.24, 2.45) is 0 Å². The van der Waals surface area contributed by atoms with Crippen molar-refractivity contribution in [3.05, 3.63) is 95.1 Å². The lowest BCUT2D eigenvalue weighted by Crippen LogP contribution is -2.27. The van der Waals surface area contributed by atoms with Gasteiger partial charge in [0.1, 0.15) is 6.61 Å². The molecule has 31 heavy (non-hydrogen) atoms. The number of aryl methyl sites for hydroxylation is 2. The van der Waals surface area contributed by atoms with Gasteiger partial charge in [0.15, 0.2) is 0 Å². The third kappa shape index (κ3) is 4.19. The highest BCUT2D eigenvalue weighted by Gasteiger charge is 2.18. The fourth-order valence-corrected chi connectivity index (χ4v) is 4.31. The van der Waals surface area contributed by atoms with Crippen molar-refractivity contribution in [3.8, 4) is 17.0 Å². The Morgan fingerprint density at radius 2 is 1.68 bits per heavy atom. The van der Waals surface area contributed by atoms with Gasteiger partial charge in [0.25, 0.3) is 0 Å². The Morgan fingerprint density at radius 3 is 2.48 bits per heavy atom. The van der Waals surface area contributed by atoms with Crippen LogP contribution in [0.2, 0.25) is 0 Å². The number of rotatable bonds is 4. The van der Waals surface area contributed by atoms with Gasteiger partial charge in [0.05, 0.1) is 5.52 Å². The number of aromatic nitrogens is 1. The topological polar surface area (TPSA) is 25.4 Å². The molecule has 5 rings (SSSR count). The van der Waals surface area contributed by atoms with Crippen molar-refractivity contribution >= 4 is 10.9 Å². The van der Waals surface area contributed by atoms with Gasteiger partial charge in [-0.05, 0) is 54.2 Å². The predicted octanol–water partition coefficient (Wildman–Crippen LogP) is 5.96. The summed E-state index contributed by atoms with van der Waals surface area (Å²) < 4.78 is 6.05. The number of pyridine rings is 1. The molecule has 0 spiro atoms. The number of hydrogen-bond donors (Lipinski definition) is 0. The fraction of sp³-hybridized carbons (Fsp3) is 0.250.